The number of halogens is 3. The average molecular weight is 354 g/mol. The highest BCUT2D eigenvalue weighted by atomic mass is 19.4. The van der Waals surface area contributed by atoms with Gasteiger partial charge in [0, 0.05) is 23.1 Å². The van der Waals surface area contributed by atoms with Crippen LogP contribution in [0.5, 0.6) is 0 Å². The number of fused-ring (bicyclic) bond motifs is 1. The zero-order chi connectivity index (χ0) is 18.4. The number of aryl methyl sites for hydroxylation is 3. The summed E-state index contributed by atoms with van der Waals surface area (Å²) in [7, 11) is 0. The fourth-order valence-corrected chi connectivity index (χ4v) is 3.40. The van der Waals surface area contributed by atoms with E-state index in [9.17, 15) is 18.0 Å². The number of morpholine rings is 1. The Bertz CT molecular complexity index is 811. The Kier molecular flexibility index (Phi) is 4.53. The number of nitrogens with one attached hydrogen (secondary N) is 1. The summed E-state index contributed by atoms with van der Waals surface area (Å²) in [5, 5.41) is 0.962. The largest absolute Gasteiger partial charge is 0.416 e. The fourth-order valence-electron chi connectivity index (χ4n) is 3.40. The molecule has 7 heteroatoms. The van der Waals surface area contributed by atoms with Crippen molar-refractivity contribution in [1.29, 1.82) is 0 Å². The number of amides is 1. The van der Waals surface area contributed by atoms with Crippen LogP contribution in [0.25, 0.3) is 10.9 Å². The van der Waals surface area contributed by atoms with Crippen LogP contribution >= 0.6 is 0 Å². The number of nitrogens with zero attached hydrogens (tertiary/aromatic N) is 1. The molecule has 1 N–H and O–H groups in total. The molecule has 0 unspecified atom stereocenters. The predicted octanol–water partition coefficient (Wildman–Crippen LogP) is 3.43. The Morgan fingerprint density at radius 1 is 1.32 bits per heavy atom. The molecule has 1 aliphatic heterocycles. The van der Waals surface area contributed by atoms with Gasteiger partial charge < -0.3 is 14.6 Å². The third-order valence-corrected chi connectivity index (χ3v) is 4.68. The van der Waals surface area contributed by atoms with Crippen LogP contribution in [0.2, 0.25) is 0 Å². The number of carbonyl (C=O) groups excluding carboxylic acids is 1. The molecule has 2 heterocycles. The van der Waals surface area contributed by atoms with Crippen LogP contribution in [0.3, 0.4) is 0 Å². The molecule has 1 aromatic carbocycles. The van der Waals surface area contributed by atoms with Crippen molar-refractivity contribution in [3.05, 3.63) is 34.5 Å². The van der Waals surface area contributed by atoms with Crippen molar-refractivity contribution >= 4 is 16.8 Å². The highest BCUT2D eigenvalue weighted by Crippen LogP contribution is 2.29. The summed E-state index contributed by atoms with van der Waals surface area (Å²) in [5.41, 5.74) is 4.86. The van der Waals surface area contributed by atoms with Crippen LogP contribution in [0.4, 0.5) is 13.2 Å². The second-order valence-electron chi connectivity index (χ2n) is 6.65. The number of alkyl halides is 3. The van der Waals surface area contributed by atoms with Crippen molar-refractivity contribution in [2.45, 2.75) is 39.5 Å². The lowest BCUT2D eigenvalue weighted by atomic mass is 10.0. The van der Waals surface area contributed by atoms with Crippen molar-refractivity contribution in [1.82, 2.24) is 9.88 Å². The van der Waals surface area contributed by atoms with Crippen LogP contribution in [0.15, 0.2) is 12.1 Å². The number of benzene rings is 1. The Hall–Kier alpha value is -2.02. The normalized spacial score (nSPS) is 18.8. The SMILES string of the molecule is Cc1cc(C)c2[nH]c(C)c(CC(=O)N3CCO[C@H](C(F)(F)F)C3)c2c1. The van der Waals surface area contributed by atoms with Crippen molar-refractivity contribution < 1.29 is 22.7 Å². The van der Waals surface area contributed by atoms with E-state index in [-0.39, 0.29) is 25.5 Å². The van der Waals surface area contributed by atoms with Crippen LogP contribution in [0.1, 0.15) is 22.4 Å². The van der Waals surface area contributed by atoms with Gasteiger partial charge in [-0.2, -0.15) is 13.2 Å². The minimum atomic E-state index is -4.45. The fraction of sp³-hybridized carbons (Fsp3) is 0.500. The summed E-state index contributed by atoms with van der Waals surface area (Å²) in [6.07, 6.45) is -6.28. The van der Waals surface area contributed by atoms with Gasteiger partial charge in [-0.1, -0.05) is 11.6 Å². The maximum atomic E-state index is 12.8. The second-order valence-corrected chi connectivity index (χ2v) is 6.65. The first-order chi connectivity index (χ1) is 11.7. The first kappa shape index (κ1) is 17.8. The molecule has 1 aliphatic rings. The lowest BCUT2D eigenvalue weighted by Crippen LogP contribution is -2.51. The molecule has 0 radical (unpaired) electrons. The van der Waals surface area contributed by atoms with Gasteiger partial charge in [-0.05, 0) is 38.0 Å². The molecular formula is C18H21F3N2O2. The van der Waals surface area contributed by atoms with Crippen molar-refractivity contribution in [2.75, 3.05) is 19.7 Å². The van der Waals surface area contributed by atoms with Gasteiger partial charge in [0.25, 0.3) is 0 Å². The van der Waals surface area contributed by atoms with E-state index < -0.39 is 18.8 Å². The number of aromatic amines is 1. The van der Waals surface area contributed by atoms with Gasteiger partial charge in [0.15, 0.2) is 6.10 Å². The van der Waals surface area contributed by atoms with E-state index in [4.69, 9.17) is 4.74 Å². The number of aromatic nitrogens is 1. The zero-order valence-electron chi connectivity index (χ0n) is 14.5. The second kappa shape index (κ2) is 6.37. The van der Waals surface area contributed by atoms with Crippen molar-refractivity contribution in [3.63, 3.8) is 0 Å². The Morgan fingerprint density at radius 3 is 2.72 bits per heavy atom. The van der Waals surface area contributed by atoms with Gasteiger partial charge in [0.1, 0.15) is 0 Å². The third-order valence-electron chi connectivity index (χ3n) is 4.68. The van der Waals surface area contributed by atoms with Crippen molar-refractivity contribution in [2.24, 2.45) is 0 Å². The van der Waals surface area contributed by atoms with Crippen LogP contribution in [-0.2, 0) is 16.0 Å². The minimum Gasteiger partial charge on any atom is -0.365 e. The molecule has 0 spiro atoms. The average Bonchev–Trinajstić information content (AvgIpc) is 2.83. The van der Waals surface area contributed by atoms with E-state index in [2.05, 4.69) is 11.1 Å². The molecule has 4 nitrogen and oxygen atoms in total. The Balaban J connectivity index is 1.84. The monoisotopic (exact) mass is 354 g/mol. The van der Waals surface area contributed by atoms with E-state index in [0.717, 1.165) is 33.3 Å². The number of hydrogen-bond acceptors (Lipinski definition) is 2. The number of H-pyrrole nitrogens is 1. The van der Waals surface area contributed by atoms with E-state index in [1.54, 1.807) is 0 Å². The first-order valence-electron chi connectivity index (χ1n) is 8.21. The van der Waals surface area contributed by atoms with Crippen LogP contribution < -0.4 is 0 Å². The van der Waals surface area contributed by atoms with Gasteiger partial charge >= 0.3 is 6.18 Å². The third kappa shape index (κ3) is 3.51. The van der Waals surface area contributed by atoms with Gasteiger partial charge in [0.2, 0.25) is 5.91 Å². The van der Waals surface area contributed by atoms with Crippen LogP contribution in [-0.4, -0.2) is 47.8 Å². The molecule has 1 amide bonds. The molecule has 2 aromatic rings. The zero-order valence-corrected chi connectivity index (χ0v) is 14.5. The summed E-state index contributed by atoms with van der Waals surface area (Å²) in [6, 6.07) is 4.06. The van der Waals surface area contributed by atoms with Gasteiger partial charge in [0.05, 0.1) is 19.6 Å². The molecule has 0 saturated carbocycles. The molecule has 25 heavy (non-hydrogen) atoms. The smallest absolute Gasteiger partial charge is 0.365 e. The topological polar surface area (TPSA) is 45.3 Å². The Labute approximate surface area is 143 Å². The molecule has 1 saturated heterocycles. The summed E-state index contributed by atoms with van der Waals surface area (Å²) >= 11 is 0. The summed E-state index contributed by atoms with van der Waals surface area (Å²) < 4.78 is 43.3. The molecule has 1 fully saturated rings. The van der Waals surface area contributed by atoms with E-state index in [0.29, 0.717) is 0 Å². The maximum absolute atomic E-state index is 12.8. The van der Waals surface area contributed by atoms with Gasteiger partial charge in [-0.3, -0.25) is 4.79 Å². The number of ether oxygens (including phenoxy) is 1. The number of hydrogen-bond donors (Lipinski definition) is 1. The summed E-state index contributed by atoms with van der Waals surface area (Å²) in [4.78, 5) is 17.1. The standard InChI is InChI=1S/C18H21F3N2O2/c1-10-6-11(2)17-14(7-10)13(12(3)22-17)8-16(24)23-4-5-25-15(9-23)18(19,20)21/h6-7,15,22H,4-5,8-9H2,1-3H3/t15-/m0/s1. The highest BCUT2D eigenvalue weighted by molar-refractivity contribution is 5.92. The Morgan fingerprint density at radius 2 is 2.04 bits per heavy atom. The molecule has 1 atom stereocenters. The van der Waals surface area contributed by atoms with E-state index in [1.807, 2.05) is 26.8 Å². The molecule has 0 bridgehead atoms. The molecule has 0 aliphatic carbocycles. The van der Waals surface area contributed by atoms with Gasteiger partial charge in [-0.25, -0.2) is 0 Å². The minimum absolute atomic E-state index is 0.0826. The quantitative estimate of drug-likeness (QED) is 0.898. The van der Waals surface area contributed by atoms with E-state index >= 15 is 0 Å². The van der Waals surface area contributed by atoms with Gasteiger partial charge in [-0.15, -0.1) is 0 Å². The highest BCUT2D eigenvalue weighted by Gasteiger charge is 2.44. The maximum Gasteiger partial charge on any atom is 0.416 e. The lowest BCUT2D eigenvalue weighted by molar-refractivity contribution is -0.236. The molecule has 136 valence electrons. The number of rotatable bonds is 2. The predicted molar refractivity (Wildman–Crippen MR) is 88.6 cm³/mol. The van der Waals surface area contributed by atoms with Crippen molar-refractivity contribution in [3.8, 4) is 0 Å². The molecule has 3 rings (SSSR count). The summed E-state index contributed by atoms with van der Waals surface area (Å²) in [5.74, 6) is -0.305. The summed E-state index contributed by atoms with van der Waals surface area (Å²) in [6.45, 7) is 5.51. The first-order valence-corrected chi connectivity index (χ1v) is 8.21. The number of carbonyl (C=O) groups is 1. The van der Waals surface area contributed by atoms with E-state index in [1.165, 1.54) is 4.90 Å². The lowest BCUT2D eigenvalue weighted by Gasteiger charge is -2.33. The van der Waals surface area contributed by atoms with Crippen LogP contribution in [0, 0.1) is 20.8 Å². The molecular weight excluding hydrogens is 333 g/mol. The molecule has 1 aromatic heterocycles.